The largest absolute Gasteiger partial charge is 0.756 e. The fourth-order valence-corrected chi connectivity index (χ4v) is 3.78. The second-order valence-electron chi connectivity index (χ2n) is 10.5. The molecule has 0 aliphatic carbocycles. The lowest BCUT2D eigenvalue weighted by atomic mass is 10.2. The number of hydrogen-bond donors (Lipinski definition) is 0. The summed E-state index contributed by atoms with van der Waals surface area (Å²) in [5, 5.41) is 0. The van der Waals surface area contributed by atoms with E-state index in [4.69, 9.17) is 18.5 Å². The Morgan fingerprint density at radius 3 is 1.69 bits per heavy atom. The fourth-order valence-electron chi connectivity index (χ4n) is 3.05. The number of rotatable bonds is 24. The Kier molecular flexibility index (Phi) is 23.5. The average Bonchev–Trinajstić information content (AvgIpc) is 2.90. The number of carbonyl (C=O) groups excluding carboxylic acids is 2. The van der Waals surface area contributed by atoms with Crippen LogP contribution in [0.3, 0.4) is 0 Å². The molecule has 0 radical (unpaired) electrons. The van der Waals surface area contributed by atoms with Crippen molar-refractivity contribution in [3.63, 3.8) is 0 Å². The van der Waals surface area contributed by atoms with Gasteiger partial charge in [-0.05, 0) is 44.9 Å². The summed E-state index contributed by atoms with van der Waals surface area (Å²) >= 11 is 0. The van der Waals surface area contributed by atoms with Crippen molar-refractivity contribution < 1.29 is 42.1 Å². The normalized spacial score (nSPS) is 15.1. The molecule has 0 amide bonds. The van der Waals surface area contributed by atoms with E-state index in [2.05, 4.69) is 67.7 Å². The van der Waals surface area contributed by atoms with E-state index >= 15 is 0 Å². The standard InChI is InChI=1S/C32H52NO8P/c1-6-7-8-9-10-11-12-13-14-15-16-17-18-19-20-21-22-23-24-25-32(35)41-31(28-38-30(2)34)29-40-42(36,37)39-27-26-33(3,4)5/h7-8,10-11,13-14,16-17,19-20,22-23,31H,6,9,12,15,18,21,24-29H2,1-5H3/b8-7-,11-10-,14-13-,17-16-,20-19-,23-22-. The first-order valence-electron chi connectivity index (χ1n) is 14.6. The van der Waals surface area contributed by atoms with Gasteiger partial charge in [-0.3, -0.25) is 14.2 Å². The van der Waals surface area contributed by atoms with Gasteiger partial charge in [0, 0.05) is 13.3 Å². The third kappa shape index (κ3) is 29.0. The highest BCUT2D eigenvalue weighted by Crippen LogP contribution is 2.38. The van der Waals surface area contributed by atoms with Crippen LogP contribution in [-0.2, 0) is 32.7 Å². The van der Waals surface area contributed by atoms with Gasteiger partial charge in [-0.15, -0.1) is 0 Å². The van der Waals surface area contributed by atoms with Crippen molar-refractivity contribution in [1.82, 2.24) is 0 Å². The van der Waals surface area contributed by atoms with Gasteiger partial charge in [0.1, 0.15) is 19.8 Å². The van der Waals surface area contributed by atoms with Crippen LogP contribution in [-0.4, -0.2) is 70.0 Å². The van der Waals surface area contributed by atoms with Gasteiger partial charge in [-0.2, -0.15) is 0 Å². The van der Waals surface area contributed by atoms with Gasteiger partial charge in [0.15, 0.2) is 6.10 Å². The molecule has 42 heavy (non-hydrogen) atoms. The molecular weight excluding hydrogens is 557 g/mol. The summed E-state index contributed by atoms with van der Waals surface area (Å²) in [7, 11) is 1.09. The van der Waals surface area contributed by atoms with Gasteiger partial charge >= 0.3 is 11.9 Å². The Hall–Kier alpha value is -2.55. The van der Waals surface area contributed by atoms with E-state index in [1.54, 1.807) is 0 Å². The molecule has 0 bridgehead atoms. The minimum absolute atomic E-state index is 0.0510. The molecule has 0 heterocycles. The molecule has 9 nitrogen and oxygen atoms in total. The average molecular weight is 610 g/mol. The van der Waals surface area contributed by atoms with Gasteiger partial charge in [0.2, 0.25) is 0 Å². The van der Waals surface area contributed by atoms with Crippen molar-refractivity contribution in [2.75, 3.05) is 47.5 Å². The highest BCUT2D eigenvalue weighted by molar-refractivity contribution is 7.45. The summed E-state index contributed by atoms with van der Waals surface area (Å²) in [6.45, 7) is 2.91. The van der Waals surface area contributed by atoms with Crippen LogP contribution in [0.4, 0.5) is 0 Å². The maximum Gasteiger partial charge on any atom is 0.306 e. The minimum atomic E-state index is -4.60. The smallest absolute Gasteiger partial charge is 0.306 e. The Morgan fingerprint density at radius 2 is 1.24 bits per heavy atom. The molecule has 2 atom stereocenters. The molecule has 0 fully saturated rings. The molecule has 0 saturated heterocycles. The second-order valence-corrected chi connectivity index (χ2v) is 11.9. The van der Waals surface area contributed by atoms with Crippen LogP contribution >= 0.6 is 7.82 Å². The van der Waals surface area contributed by atoms with Crippen molar-refractivity contribution in [3.05, 3.63) is 72.9 Å². The molecule has 238 valence electrons. The summed E-state index contributed by atoms with van der Waals surface area (Å²) < 4.78 is 32.4. The zero-order chi connectivity index (χ0) is 31.5. The maximum atomic E-state index is 12.2. The van der Waals surface area contributed by atoms with Crippen molar-refractivity contribution in [3.8, 4) is 0 Å². The number of hydrogen-bond acceptors (Lipinski definition) is 8. The van der Waals surface area contributed by atoms with Gasteiger partial charge < -0.3 is 27.9 Å². The van der Waals surface area contributed by atoms with Crippen LogP contribution in [0.15, 0.2) is 72.9 Å². The Balaban J connectivity index is 4.23. The lowest BCUT2D eigenvalue weighted by molar-refractivity contribution is -0.870. The number of likely N-dealkylation sites (N-methyl/N-ethyl adjacent to an activating group) is 1. The second kappa shape index (κ2) is 25.0. The SMILES string of the molecule is CC/C=C\C/C=C\C/C=C\C/C=C\C/C=C\C/C=C\CCC(=O)OC(COC(C)=O)COP(=O)([O-])OCC[N+](C)(C)C. The zero-order valence-corrected chi connectivity index (χ0v) is 27.0. The third-order valence-electron chi connectivity index (χ3n) is 5.31. The van der Waals surface area contributed by atoms with Gasteiger partial charge in [-0.1, -0.05) is 79.8 Å². The fraction of sp³-hybridized carbons (Fsp3) is 0.562. The van der Waals surface area contributed by atoms with Gasteiger partial charge in [0.25, 0.3) is 7.82 Å². The molecule has 0 saturated carbocycles. The first-order chi connectivity index (χ1) is 19.9. The molecule has 0 rings (SSSR count). The molecule has 2 unspecified atom stereocenters. The minimum Gasteiger partial charge on any atom is -0.756 e. The molecule has 0 aliphatic rings. The van der Waals surface area contributed by atoms with Crippen LogP contribution in [0.1, 0.15) is 65.2 Å². The maximum absolute atomic E-state index is 12.2. The van der Waals surface area contributed by atoms with Crippen molar-refractivity contribution >= 4 is 19.8 Å². The lowest BCUT2D eigenvalue weighted by Gasteiger charge is -2.28. The first-order valence-corrected chi connectivity index (χ1v) is 16.0. The van der Waals surface area contributed by atoms with Crippen molar-refractivity contribution in [2.45, 2.75) is 71.3 Å². The predicted molar refractivity (Wildman–Crippen MR) is 166 cm³/mol. The Bertz CT molecular complexity index is 960. The number of phosphoric acid groups is 1. The zero-order valence-electron chi connectivity index (χ0n) is 26.2. The monoisotopic (exact) mass is 609 g/mol. The van der Waals surface area contributed by atoms with Gasteiger partial charge in [0.05, 0.1) is 27.7 Å². The summed E-state index contributed by atoms with van der Waals surface area (Å²) in [5.41, 5.74) is 0. The number of allylic oxidation sites excluding steroid dienone is 12. The quantitative estimate of drug-likeness (QED) is 0.0555. The molecule has 0 aromatic heterocycles. The molecule has 0 N–H and O–H groups in total. The number of phosphoric ester groups is 1. The lowest BCUT2D eigenvalue weighted by Crippen LogP contribution is -2.37. The summed E-state index contributed by atoms with van der Waals surface area (Å²) in [4.78, 5) is 35.4. The van der Waals surface area contributed by atoms with E-state index in [9.17, 15) is 19.0 Å². The van der Waals surface area contributed by atoms with E-state index < -0.39 is 32.5 Å². The van der Waals surface area contributed by atoms with E-state index in [0.717, 1.165) is 38.5 Å². The van der Waals surface area contributed by atoms with Crippen LogP contribution in [0.5, 0.6) is 0 Å². The topological polar surface area (TPSA) is 111 Å². The van der Waals surface area contributed by atoms with Gasteiger partial charge in [-0.25, -0.2) is 0 Å². The van der Waals surface area contributed by atoms with Crippen LogP contribution < -0.4 is 4.89 Å². The predicted octanol–water partition coefficient (Wildman–Crippen LogP) is 6.15. The molecule has 0 aromatic rings. The van der Waals surface area contributed by atoms with E-state index in [0.29, 0.717) is 17.4 Å². The highest BCUT2D eigenvalue weighted by atomic mass is 31.2. The molecule has 10 heteroatoms. The number of ether oxygens (including phenoxy) is 2. The van der Waals surface area contributed by atoms with E-state index in [1.807, 2.05) is 33.3 Å². The van der Waals surface area contributed by atoms with Crippen LogP contribution in [0.25, 0.3) is 0 Å². The highest BCUT2D eigenvalue weighted by Gasteiger charge is 2.21. The van der Waals surface area contributed by atoms with E-state index in [-0.39, 0.29) is 19.6 Å². The molecule has 0 aromatic carbocycles. The van der Waals surface area contributed by atoms with E-state index in [1.165, 1.54) is 6.92 Å². The summed E-state index contributed by atoms with van der Waals surface area (Å²) in [5.74, 6) is -1.14. The van der Waals surface area contributed by atoms with Crippen molar-refractivity contribution in [2.24, 2.45) is 0 Å². The number of nitrogens with zero attached hydrogens (tertiary/aromatic N) is 1. The van der Waals surface area contributed by atoms with Crippen LogP contribution in [0.2, 0.25) is 0 Å². The summed E-state index contributed by atoms with van der Waals surface area (Å²) in [6, 6.07) is 0. The molecular formula is C32H52NO8P. The first kappa shape index (κ1) is 39.5. The van der Waals surface area contributed by atoms with Crippen LogP contribution in [0, 0.1) is 0 Å². The number of esters is 2. The number of carbonyl (C=O) groups is 2. The number of quaternary nitrogens is 1. The Labute approximate surface area is 253 Å². The molecule has 0 aliphatic heterocycles. The molecule has 0 spiro atoms. The Morgan fingerprint density at radius 1 is 0.762 bits per heavy atom. The van der Waals surface area contributed by atoms with Crippen molar-refractivity contribution in [1.29, 1.82) is 0 Å². The third-order valence-corrected chi connectivity index (χ3v) is 6.28. The summed E-state index contributed by atoms with van der Waals surface area (Å²) in [6.07, 6.45) is 30.3.